The summed E-state index contributed by atoms with van der Waals surface area (Å²) in [4.78, 5) is 1.00. The number of benzene rings is 3. The molecule has 0 spiro atoms. The van der Waals surface area contributed by atoms with Gasteiger partial charge in [-0.2, -0.15) is 0 Å². The molecular weight excluding hydrogens is 296 g/mol. The Kier molecular flexibility index (Phi) is 3.80. The molecule has 0 fully saturated rings. The van der Waals surface area contributed by atoms with Crippen molar-refractivity contribution in [2.75, 3.05) is 0 Å². The van der Waals surface area contributed by atoms with Crippen molar-refractivity contribution in [3.63, 3.8) is 0 Å². The molecule has 0 radical (unpaired) electrons. The van der Waals surface area contributed by atoms with Crippen LogP contribution in [0, 0.1) is 0 Å². The number of hydrogen-bond acceptors (Lipinski definition) is 1. The van der Waals surface area contributed by atoms with Crippen LogP contribution in [0.5, 0.6) is 0 Å². The molecule has 4 rings (SSSR count). The quantitative estimate of drug-likeness (QED) is 0.511. The SMILES string of the molecule is Sc1cc(C2=CCCC=C2)cc(-c2cccc3ccccc23)c1. The molecular formula is C22H18S. The van der Waals surface area contributed by atoms with Crippen molar-refractivity contribution >= 4 is 29.0 Å². The minimum atomic E-state index is 1.00. The highest BCUT2D eigenvalue weighted by molar-refractivity contribution is 7.80. The van der Waals surface area contributed by atoms with Crippen LogP contribution in [-0.2, 0) is 0 Å². The molecule has 0 aliphatic heterocycles. The molecule has 0 unspecified atom stereocenters. The fourth-order valence-corrected chi connectivity index (χ4v) is 3.52. The molecule has 0 saturated carbocycles. The summed E-state index contributed by atoms with van der Waals surface area (Å²) < 4.78 is 0. The maximum absolute atomic E-state index is 4.64. The predicted octanol–water partition coefficient (Wildman–Crippen LogP) is 6.53. The van der Waals surface area contributed by atoms with E-state index in [1.165, 1.54) is 33.0 Å². The van der Waals surface area contributed by atoms with Gasteiger partial charge in [0.2, 0.25) is 0 Å². The van der Waals surface area contributed by atoms with Crippen molar-refractivity contribution < 1.29 is 0 Å². The fourth-order valence-electron chi connectivity index (χ4n) is 3.24. The van der Waals surface area contributed by atoms with E-state index in [-0.39, 0.29) is 0 Å². The van der Waals surface area contributed by atoms with Crippen molar-refractivity contribution in [2.24, 2.45) is 0 Å². The van der Waals surface area contributed by atoms with Gasteiger partial charge in [0.25, 0.3) is 0 Å². The Hall–Kier alpha value is -2.25. The average Bonchev–Trinajstić information content (AvgIpc) is 2.61. The second kappa shape index (κ2) is 6.10. The average molecular weight is 314 g/mol. The van der Waals surface area contributed by atoms with Gasteiger partial charge in [-0.05, 0) is 64.1 Å². The van der Waals surface area contributed by atoms with Crippen LogP contribution in [0.3, 0.4) is 0 Å². The Bertz CT molecular complexity index is 926. The maximum Gasteiger partial charge on any atom is 0.00523 e. The number of allylic oxidation sites excluding steroid dienone is 4. The van der Waals surface area contributed by atoms with Crippen LogP contribution in [0.1, 0.15) is 18.4 Å². The highest BCUT2D eigenvalue weighted by Gasteiger charge is 2.08. The van der Waals surface area contributed by atoms with Crippen LogP contribution in [0.2, 0.25) is 0 Å². The maximum atomic E-state index is 4.64. The van der Waals surface area contributed by atoms with E-state index in [9.17, 15) is 0 Å². The standard InChI is InChI=1S/C22H18S/c23-20-14-18(16-7-2-1-3-8-16)13-19(15-20)22-12-6-10-17-9-4-5-11-21(17)22/h2,4-15,23H,1,3H2. The second-order valence-corrected chi connectivity index (χ2v) is 6.45. The number of rotatable bonds is 2. The van der Waals surface area contributed by atoms with Gasteiger partial charge in [-0.3, -0.25) is 0 Å². The molecule has 112 valence electrons. The minimum absolute atomic E-state index is 1.00. The van der Waals surface area contributed by atoms with Crippen molar-refractivity contribution in [2.45, 2.75) is 17.7 Å². The van der Waals surface area contributed by atoms with Crippen LogP contribution in [0.4, 0.5) is 0 Å². The zero-order chi connectivity index (χ0) is 15.6. The van der Waals surface area contributed by atoms with E-state index in [4.69, 9.17) is 0 Å². The molecule has 0 N–H and O–H groups in total. The van der Waals surface area contributed by atoms with Crippen molar-refractivity contribution in [1.82, 2.24) is 0 Å². The summed E-state index contributed by atoms with van der Waals surface area (Å²) >= 11 is 4.64. The molecule has 0 aromatic heterocycles. The molecule has 3 aromatic carbocycles. The van der Waals surface area contributed by atoms with E-state index in [2.05, 4.69) is 91.5 Å². The van der Waals surface area contributed by atoms with Crippen LogP contribution in [0.25, 0.3) is 27.5 Å². The molecule has 1 aliphatic carbocycles. The summed E-state index contributed by atoms with van der Waals surface area (Å²) in [5, 5.41) is 2.56. The third-order valence-electron chi connectivity index (χ3n) is 4.35. The van der Waals surface area contributed by atoms with Gasteiger partial charge in [0, 0.05) is 4.90 Å². The normalized spacial score (nSPS) is 14.0. The Balaban J connectivity index is 1.90. The summed E-state index contributed by atoms with van der Waals surface area (Å²) in [5.41, 5.74) is 5.04. The van der Waals surface area contributed by atoms with Gasteiger partial charge in [-0.15, -0.1) is 12.6 Å². The lowest BCUT2D eigenvalue weighted by atomic mass is 9.93. The fraction of sp³-hybridized carbons (Fsp3) is 0.0909. The van der Waals surface area contributed by atoms with Crippen molar-refractivity contribution in [1.29, 1.82) is 0 Å². The Morgan fingerprint density at radius 2 is 1.61 bits per heavy atom. The Morgan fingerprint density at radius 3 is 2.48 bits per heavy atom. The van der Waals surface area contributed by atoms with Gasteiger partial charge >= 0.3 is 0 Å². The lowest BCUT2D eigenvalue weighted by molar-refractivity contribution is 1.04. The molecule has 3 aromatic rings. The summed E-state index contributed by atoms with van der Waals surface area (Å²) in [5.74, 6) is 0. The highest BCUT2D eigenvalue weighted by Crippen LogP contribution is 2.33. The van der Waals surface area contributed by atoms with E-state index in [0.717, 1.165) is 17.7 Å². The number of fused-ring (bicyclic) bond motifs is 1. The molecule has 0 bridgehead atoms. The third-order valence-corrected chi connectivity index (χ3v) is 4.60. The van der Waals surface area contributed by atoms with E-state index < -0.39 is 0 Å². The minimum Gasteiger partial charge on any atom is -0.143 e. The smallest absolute Gasteiger partial charge is 0.00523 e. The summed E-state index contributed by atoms with van der Waals surface area (Å²) in [6.45, 7) is 0. The van der Waals surface area contributed by atoms with E-state index in [1.54, 1.807) is 0 Å². The summed E-state index contributed by atoms with van der Waals surface area (Å²) in [6, 6.07) is 21.6. The first-order valence-corrected chi connectivity index (χ1v) is 8.45. The van der Waals surface area contributed by atoms with Crippen molar-refractivity contribution in [3.05, 3.63) is 84.5 Å². The topological polar surface area (TPSA) is 0 Å². The largest absolute Gasteiger partial charge is 0.143 e. The summed E-state index contributed by atoms with van der Waals surface area (Å²) in [6.07, 6.45) is 9.04. The molecule has 0 amide bonds. The molecule has 1 aliphatic rings. The van der Waals surface area contributed by atoms with E-state index >= 15 is 0 Å². The van der Waals surface area contributed by atoms with E-state index in [0.29, 0.717) is 0 Å². The van der Waals surface area contributed by atoms with Gasteiger partial charge in [0.15, 0.2) is 0 Å². The Morgan fingerprint density at radius 1 is 0.783 bits per heavy atom. The number of hydrogen-bond donors (Lipinski definition) is 1. The molecule has 1 heteroatoms. The van der Waals surface area contributed by atoms with Crippen LogP contribution in [0.15, 0.2) is 83.8 Å². The highest BCUT2D eigenvalue weighted by atomic mass is 32.1. The van der Waals surface area contributed by atoms with E-state index in [1.807, 2.05) is 0 Å². The first kappa shape index (κ1) is 14.3. The molecule has 23 heavy (non-hydrogen) atoms. The van der Waals surface area contributed by atoms with Crippen LogP contribution in [-0.4, -0.2) is 0 Å². The third kappa shape index (κ3) is 2.85. The zero-order valence-corrected chi connectivity index (χ0v) is 13.8. The van der Waals surface area contributed by atoms with Gasteiger partial charge in [-0.25, -0.2) is 0 Å². The first-order chi connectivity index (χ1) is 11.3. The van der Waals surface area contributed by atoms with Gasteiger partial charge in [-0.1, -0.05) is 60.7 Å². The lowest BCUT2D eigenvalue weighted by Crippen LogP contribution is -1.89. The van der Waals surface area contributed by atoms with Crippen LogP contribution < -0.4 is 0 Å². The summed E-state index contributed by atoms with van der Waals surface area (Å²) in [7, 11) is 0. The predicted molar refractivity (Wildman–Crippen MR) is 103 cm³/mol. The van der Waals surface area contributed by atoms with Gasteiger partial charge in [0.05, 0.1) is 0 Å². The molecule has 0 nitrogen and oxygen atoms in total. The lowest BCUT2D eigenvalue weighted by Gasteiger charge is -2.12. The Labute approximate surface area is 142 Å². The monoisotopic (exact) mass is 314 g/mol. The molecule has 0 atom stereocenters. The molecule has 0 heterocycles. The zero-order valence-electron chi connectivity index (χ0n) is 12.9. The second-order valence-electron chi connectivity index (χ2n) is 5.93. The first-order valence-electron chi connectivity index (χ1n) is 8.00. The van der Waals surface area contributed by atoms with Crippen LogP contribution >= 0.6 is 12.6 Å². The van der Waals surface area contributed by atoms with Crippen molar-refractivity contribution in [3.8, 4) is 11.1 Å². The number of thiol groups is 1. The van der Waals surface area contributed by atoms with Gasteiger partial charge < -0.3 is 0 Å². The molecule has 0 saturated heterocycles. The van der Waals surface area contributed by atoms with Gasteiger partial charge in [0.1, 0.15) is 0 Å².